The molecule has 1 aliphatic rings. The van der Waals surface area contributed by atoms with Crippen molar-refractivity contribution in [3.05, 3.63) is 53.9 Å². The Hall–Kier alpha value is -2.56. The fraction of sp³-hybridized carbons (Fsp3) is 0.429. The second kappa shape index (κ2) is 8.70. The second-order valence-corrected chi connectivity index (χ2v) is 6.93. The number of pyridine rings is 1. The molecule has 0 spiro atoms. The molecule has 0 atom stereocenters. The molecule has 2 aromatic rings. The van der Waals surface area contributed by atoms with Gasteiger partial charge < -0.3 is 15.0 Å². The van der Waals surface area contributed by atoms with E-state index in [2.05, 4.69) is 22.1 Å². The van der Waals surface area contributed by atoms with Gasteiger partial charge in [-0.05, 0) is 55.0 Å². The van der Waals surface area contributed by atoms with Gasteiger partial charge in [-0.25, -0.2) is 0 Å². The van der Waals surface area contributed by atoms with Gasteiger partial charge in [0.2, 0.25) is 0 Å². The lowest BCUT2D eigenvalue weighted by atomic mass is 9.99. The lowest BCUT2D eigenvalue weighted by Gasteiger charge is -2.32. The number of benzene rings is 1. The van der Waals surface area contributed by atoms with E-state index in [4.69, 9.17) is 4.74 Å². The lowest BCUT2D eigenvalue weighted by molar-refractivity contribution is 0.0949. The van der Waals surface area contributed by atoms with E-state index in [9.17, 15) is 4.79 Å². The van der Waals surface area contributed by atoms with E-state index >= 15 is 0 Å². The summed E-state index contributed by atoms with van der Waals surface area (Å²) in [6.45, 7) is 4.95. The highest BCUT2D eigenvalue weighted by molar-refractivity contribution is 5.93. The summed E-state index contributed by atoms with van der Waals surface area (Å²) < 4.78 is 5.23. The van der Waals surface area contributed by atoms with Crippen molar-refractivity contribution in [1.82, 2.24) is 10.3 Å². The van der Waals surface area contributed by atoms with Crippen molar-refractivity contribution < 1.29 is 9.53 Å². The summed E-state index contributed by atoms with van der Waals surface area (Å²) in [5, 5.41) is 2.96. The highest BCUT2D eigenvalue weighted by Gasteiger charge is 2.17. The molecule has 26 heavy (non-hydrogen) atoms. The van der Waals surface area contributed by atoms with E-state index in [1.807, 2.05) is 36.4 Å². The number of amides is 1. The molecule has 5 nitrogen and oxygen atoms in total. The van der Waals surface area contributed by atoms with Gasteiger partial charge in [0.15, 0.2) is 0 Å². The van der Waals surface area contributed by atoms with E-state index in [-0.39, 0.29) is 5.91 Å². The van der Waals surface area contributed by atoms with Crippen molar-refractivity contribution in [3.8, 4) is 5.75 Å². The maximum Gasteiger partial charge on any atom is 0.269 e. The molecule has 0 unspecified atom stereocenters. The molecule has 0 aliphatic carbocycles. The first-order valence-corrected chi connectivity index (χ1v) is 9.28. The molecular formula is C21H27N3O2. The zero-order chi connectivity index (χ0) is 18.4. The zero-order valence-electron chi connectivity index (χ0n) is 15.6. The van der Waals surface area contributed by atoms with Gasteiger partial charge in [0.1, 0.15) is 11.4 Å². The number of aromatic nitrogens is 1. The second-order valence-electron chi connectivity index (χ2n) is 6.93. The van der Waals surface area contributed by atoms with Crippen LogP contribution in [-0.4, -0.2) is 37.6 Å². The van der Waals surface area contributed by atoms with Gasteiger partial charge in [0.25, 0.3) is 5.91 Å². The van der Waals surface area contributed by atoms with Crippen molar-refractivity contribution in [2.75, 3.05) is 31.6 Å². The fourth-order valence-corrected chi connectivity index (χ4v) is 3.25. The van der Waals surface area contributed by atoms with Crippen LogP contribution in [0.4, 0.5) is 5.69 Å². The smallest absolute Gasteiger partial charge is 0.269 e. The minimum atomic E-state index is -0.125. The molecule has 1 amide bonds. The molecule has 5 heteroatoms. The Balaban J connectivity index is 1.55. The number of carbonyl (C=O) groups excluding carboxylic acids is 1. The van der Waals surface area contributed by atoms with E-state index in [0.717, 1.165) is 42.4 Å². The minimum absolute atomic E-state index is 0.125. The highest BCUT2D eigenvalue weighted by atomic mass is 16.5. The summed E-state index contributed by atoms with van der Waals surface area (Å²) in [6, 6.07) is 11.8. The summed E-state index contributed by atoms with van der Waals surface area (Å²) in [6.07, 6.45) is 4.88. The molecule has 3 rings (SSSR count). The minimum Gasteiger partial charge on any atom is -0.497 e. The van der Waals surface area contributed by atoms with Gasteiger partial charge in [-0.2, -0.15) is 0 Å². The van der Waals surface area contributed by atoms with Gasteiger partial charge in [0, 0.05) is 31.5 Å². The number of nitrogens with zero attached hydrogens (tertiary/aromatic N) is 2. The normalized spacial score (nSPS) is 14.9. The maximum absolute atomic E-state index is 12.4. The predicted octanol–water partition coefficient (Wildman–Crippen LogP) is 3.30. The molecule has 2 heterocycles. The predicted molar refractivity (Wildman–Crippen MR) is 104 cm³/mol. The van der Waals surface area contributed by atoms with Crippen LogP contribution in [0.2, 0.25) is 0 Å². The third-order valence-electron chi connectivity index (χ3n) is 4.96. The first-order valence-electron chi connectivity index (χ1n) is 9.28. The number of carbonyl (C=O) groups is 1. The number of rotatable bonds is 6. The Morgan fingerprint density at radius 1 is 1.27 bits per heavy atom. The molecule has 1 aromatic heterocycles. The SMILES string of the molecule is COc1cccc(CCNC(=O)c2cc(N3CCC(C)CC3)ccn2)c1. The summed E-state index contributed by atoms with van der Waals surface area (Å²) in [5.41, 5.74) is 2.70. The molecule has 1 fully saturated rings. The van der Waals surface area contributed by atoms with Crippen LogP contribution < -0.4 is 15.0 Å². The average molecular weight is 353 g/mol. The van der Waals surface area contributed by atoms with Gasteiger partial charge in [-0.3, -0.25) is 9.78 Å². The maximum atomic E-state index is 12.4. The van der Waals surface area contributed by atoms with Crippen LogP contribution in [0.25, 0.3) is 0 Å². The Morgan fingerprint density at radius 2 is 2.08 bits per heavy atom. The quantitative estimate of drug-likeness (QED) is 0.866. The van der Waals surface area contributed by atoms with E-state index in [1.165, 1.54) is 12.8 Å². The third kappa shape index (κ3) is 4.75. The largest absolute Gasteiger partial charge is 0.497 e. The van der Waals surface area contributed by atoms with Crippen molar-refractivity contribution in [2.24, 2.45) is 5.92 Å². The van der Waals surface area contributed by atoms with Crippen molar-refractivity contribution in [2.45, 2.75) is 26.2 Å². The Bertz CT molecular complexity index is 740. The van der Waals surface area contributed by atoms with Crippen LogP contribution >= 0.6 is 0 Å². The monoisotopic (exact) mass is 353 g/mol. The van der Waals surface area contributed by atoms with Crippen molar-refractivity contribution >= 4 is 11.6 Å². The molecule has 1 N–H and O–H groups in total. The lowest BCUT2D eigenvalue weighted by Crippen LogP contribution is -2.33. The van der Waals surface area contributed by atoms with Crippen LogP contribution in [0, 0.1) is 5.92 Å². The molecular weight excluding hydrogens is 326 g/mol. The summed E-state index contributed by atoms with van der Waals surface area (Å²) in [5.74, 6) is 1.49. The summed E-state index contributed by atoms with van der Waals surface area (Å²) >= 11 is 0. The van der Waals surface area contributed by atoms with Crippen molar-refractivity contribution in [1.29, 1.82) is 0 Å². The van der Waals surface area contributed by atoms with E-state index < -0.39 is 0 Å². The molecule has 138 valence electrons. The molecule has 1 aliphatic heterocycles. The van der Waals surface area contributed by atoms with Gasteiger partial charge in [-0.15, -0.1) is 0 Å². The Kier molecular flexibility index (Phi) is 6.10. The van der Waals surface area contributed by atoms with Crippen LogP contribution in [0.15, 0.2) is 42.6 Å². The van der Waals surface area contributed by atoms with Gasteiger partial charge in [-0.1, -0.05) is 19.1 Å². The number of hydrogen-bond acceptors (Lipinski definition) is 4. The average Bonchev–Trinajstić information content (AvgIpc) is 2.69. The molecule has 0 radical (unpaired) electrons. The highest BCUT2D eigenvalue weighted by Crippen LogP contribution is 2.23. The first-order chi connectivity index (χ1) is 12.7. The first kappa shape index (κ1) is 18.2. The molecule has 1 aromatic carbocycles. The molecule has 1 saturated heterocycles. The topological polar surface area (TPSA) is 54.5 Å². The Morgan fingerprint density at radius 3 is 2.85 bits per heavy atom. The standard InChI is InChI=1S/C21H27N3O2/c1-16-8-12-24(13-9-16)18-7-11-22-20(15-18)21(25)23-10-6-17-4-3-5-19(14-17)26-2/h3-5,7,11,14-16H,6,8-10,12-13H2,1-2H3,(H,23,25). The number of nitrogens with one attached hydrogen (secondary N) is 1. The Labute approximate surface area is 155 Å². The number of piperidine rings is 1. The summed E-state index contributed by atoms with van der Waals surface area (Å²) in [4.78, 5) is 19.0. The number of hydrogen-bond donors (Lipinski definition) is 1. The van der Waals surface area contributed by atoms with Crippen LogP contribution in [-0.2, 0) is 6.42 Å². The number of methoxy groups -OCH3 is 1. The van der Waals surface area contributed by atoms with Crippen LogP contribution in [0.3, 0.4) is 0 Å². The van der Waals surface area contributed by atoms with Crippen LogP contribution in [0.5, 0.6) is 5.75 Å². The molecule has 0 bridgehead atoms. The molecule has 0 saturated carbocycles. The van der Waals surface area contributed by atoms with E-state index in [1.54, 1.807) is 13.3 Å². The number of anilines is 1. The van der Waals surface area contributed by atoms with Crippen LogP contribution in [0.1, 0.15) is 35.8 Å². The fourth-order valence-electron chi connectivity index (χ4n) is 3.25. The number of ether oxygens (including phenoxy) is 1. The third-order valence-corrected chi connectivity index (χ3v) is 4.96. The summed E-state index contributed by atoms with van der Waals surface area (Å²) in [7, 11) is 1.66. The van der Waals surface area contributed by atoms with Gasteiger partial charge >= 0.3 is 0 Å². The van der Waals surface area contributed by atoms with Crippen molar-refractivity contribution in [3.63, 3.8) is 0 Å². The zero-order valence-corrected chi connectivity index (χ0v) is 15.6. The van der Waals surface area contributed by atoms with E-state index in [0.29, 0.717) is 12.2 Å². The van der Waals surface area contributed by atoms with Gasteiger partial charge in [0.05, 0.1) is 7.11 Å².